The molecule has 2 aliphatic heterocycles. The molecule has 3 aliphatic rings. The van der Waals surface area contributed by atoms with E-state index < -0.39 is 0 Å². The maximum absolute atomic E-state index is 12.9. The molecule has 0 bridgehead atoms. The van der Waals surface area contributed by atoms with Gasteiger partial charge >= 0.3 is 0 Å². The van der Waals surface area contributed by atoms with E-state index >= 15 is 0 Å². The van der Waals surface area contributed by atoms with Gasteiger partial charge in [-0.25, -0.2) is 0 Å². The summed E-state index contributed by atoms with van der Waals surface area (Å²) in [7, 11) is 0. The van der Waals surface area contributed by atoms with E-state index in [1.165, 1.54) is 5.56 Å². The quantitative estimate of drug-likeness (QED) is 0.903. The number of amides is 1. The maximum Gasteiger partial charge on any atom is 0.226 e. The number of benzene rings is 1. The van der Waals surface area contributed by atoms with Crippen LogP contribution in [0.3, 0.4) is 0 Å². The first-order valence-electron chi connectivity index (χ1n) is 8.16. The van der Waals surface area contributed by atoms with Gasteiger partial charge in [-0.2, -0.15) is 0 Å². The zero-order valence-electron chi connectivity index (χ0n) is 12.9. The first-order chi connectivity index (χ1) is 10.1. The third kappa shape index (κ3) is 2.02. The molecule has 0 spiro atoms. The molecule has 4 unspecified atom stereocenters. The smallest absolute Gasteiger partial charge is 0.226 e. The summed E-state index contributed by atoms with van der Waals surface area (Å²) < 4.78 is 0. The minimum absolute atomic E-state index is 0.00901. The van der Waals surface area contributed by atoms with Crippen LogP contribution >= 0.6 is 0 Å². The van der Waals surface area contributed by atoms with Crippen LogP contribution in [0, 0.1) is 17.8 Å². The predicted octanol–water partition coefficient (Wildman–Crippen LogP) is 2.25. The molecule has 3 nitrogen and oxygen atoms in total. The molecular formula is C18H24N2O. The number of hydrogen-bond acceptors (Lipinski definition) is 2. The van der Waals surface area contributed by atoms with Gasteiger partial charge in [0.2, 0.25) is 5.91 Å². The lowest BCUT2D eigenvalue weighted by Crippen LogP contribution is -2.48. The minimum atomic E-state index is 0.00901. The van der Waals surface area contributed by atoms with Crippen LogP contribution in [0.2, 0.25) is 0 Å². The van der Waals surface area contributed by atoms with Crippen molar-refractivity contribution in [3.05, 3.63) is 35.9 Å². The van der Waals surface area contributed by atoms with Crippen LogP contribution < -0.4 is 5.32 Å². The topological polar surface area (TPSA) is 32.3 Å². The third-order valence-electron chi connectivity index (χ3n) is 5.96. The van der Waals surface area contributed by atoms with Gasteiger partial charge in [0.15, 0.2) is 0 Å². The predicted molar refractivity (Wildman–Crippen MR) is 82.9 cm³/mol. The van der Waals surface area contributed by atoms with Gasteiger partial charge in [-0.05, 0) is 43.6 Å². The third-order valence-corrected chi connectivity index (χ3v) is 5.96. The highest BCUT2D eigenvalue weighted by atomic mass is 16.2. The summed E-state index contributed by atoms with van der Waals surface area (Å²) in [4.78, 5) is 15.1. The van der Waals surface area contributed by atoms with Crippen molar-refractivity contribution in [2.75, 3.05) is 19.6 Å². The molecule has 1 aromatic rings. The highest BCUT2D eigenvalue weighted by Crippen LogP contribution is 2.51. The first-order valence-corrected chi connectivity index (χ1v) is 8.16. The number of hydrogen-bond donors (Lipinski definition) is 1. The molecule has 21 heavy (non-hydrogen) atoms. The first kappa shape index (κ1) is 13.3. The minimum Gasteiger partial charge on any atom is -0.337 e. The van der Waals surface area contributed by atoms with Crippen LogP contribution in [-0.2, 0) is 4.79 Å². The van der Waals surface area contributed by atoms with Crippen molar-refractivity contribution in [2.24, 2.45) is 17.8 Å². The molecule has 112 valence electrons. The Hall–Kier alpha value is -1.35. The average molecular weight is 284 g/mol. The normalized spacial score (nSPS) is 36.6. The van der Waals surface area contributed by atoms with E-state index in [9.17, 15) is 4.79 Å². The summed E-state index contributed by atoms with van der Waals surface area (Å²) in [5.74, 6) is 2.34. The molecule has 1 amide bonds. The van der Waals surface area contributed by atoms with E-state index in [0.29, 0.717) is 23.7 Å². The number of fused-ring (bicyclic) bond motifs is 1. The Balaban J connectivity index is 1.50. The molecule has 1 aliphatic carbocycles. The zero-order valence-corrected chi connectivity index (χ0v) is 12.9. The second-order valence-corrected chi connectivity index (χ2v) is 7.49. The van der Waals surface area contributed by atoms with E-state index in [1.54, 1.807) is 0 Å². The Morgan fingerprint density at radius 2 is 2.00 bits per heavy atom. The molecule has 3 fully saturated rings. The second-order valence-electron chi connectivity index (χ2n) is 7.49. The van der Waals surface area contributed by atoms with Gasteiger partial charge < -0.3 is 10.2 Å². The fraction of sp³-hybridized carbons (Fsp3) is 0.611. The summed E-state index contributed by atoms with van der Waals surface area (Å²) >= 11 is 0. The summed E-state index contributed by atoms with van der Waals surface area (Å²) in [6, 6.07) is 10.5. The lowest BCUT2D eigenvalue weighted by molar-refractivity contribution is -0.136. The SMILES string of the molecule is CC1(C)C2CNCC2CN1C(=O)C1CC1c1ccccc1. The van der Waals surface area contributed by atoms with Crippen LogP contribution in [0.4, 0.5) is 0 Å². The van der Waals surface area contributed by atoms with Gasteiger partial charge in [-0.3, -0.25) is 4.79 Å². The monoisotopic (exact) mass is 284 g/mol. The highest BCUT2D eigenvalue weighted by Gasteiger charge is 2.55. The van der Waals surface area contributed by atoms with Gasteiger partial charge in [-0.1, -0.05) is 30.3 Å². The Kier molecular flexibility index (Phi) is 2.90. The van der Waals surface area contributed by atoms with Crippen LogP contribution in [-0.4, -0.2) is 36.0 Å². The van der Waals surface area contributed by atoms with Crippen LogP contribution in [0.1, 0.15) is 31.7 Å². The molecule has 2 saturated heterocycles. The number of nitrogens with zero attached hydrogens (tertiary/aromatic N) is 1. The van der Waals surface area contributed by atoms with Crippen molar-refractivity contribution >= 4 is 5.91 Å². The Morgan fingerprint density at radius 3 is 2.71 bits per heavy atom. The van der Waals surface area contributed by atoms with Gasteiger partial charge in [0.05, 0.1) is 0 Å². The van der Waals surface area contributed by atoms with Crippen molar-refractivity contribution in [2.45, 2.75) is 31.7 Å². The van der Waals surface area contributed by atoms with Crippen LogP contribution in [0.25, 0.3) is 0 Å². The number of nitrogens with one attached hydrogen (secondary N) is 1. The number of likely N-dealkylation sites (tertiary alicyclic amines) is 1. The van der Waals surface area contributed by atoms with Crippen LogP contribution in [0.15, 0.2) is 30.3 Å². The van der Waals surface area contributed by atoms with E-state index in [2.05, 4.69) is 48.3 Å². The van der Waals surface area contributed by atoms with Crippen LogP contribution in [0.5, 0.6) is 0 Å². The summed E-state index contributed by atoms with van der Waals surface area (Å²) in [5.41, 5.74) is 1.34. The standard InChI is InChI=1S/C18H24N2O/c1-18(2)16-10-19-9-13(16)11-20(18)17(21)15-8-14(15)12-6-4-3-5-7-12/h3-7,13-16,19H,8-11H2,1-2H3. The molecule has 1 saturated carbocycles. The van der Waals surface area contributed by atoms with Gasteiger partial charge in [-0.15, -0.1) is 0 Å². The molecule has 2 heterocycles. The molecule has 0 radical (unpaired) electrons. The molecule has 0 aromatic heterocycles. The number of rotatable bonds is 2. The van der Waals surface area contributed by atoms with Crippen molar-refractivity contribution in [3.8, 4) is 0 Å². The summed E-state index contributed by atoms with van der Waals surface area (Å²) in [6.07, 6.45) is 1.03. The zero-order chi connectivity index (χ0) is 14.6. The molecule has 4 rings (SSSR count). The second kappa shape index (κ2) is 4.57. The summed E-state index contributed by atoms with van der Waals surface area (Å²) in [6.45, 7) is 7.59. The van der Waals surface area contributed by atoms with E-state index in [4.69, 9.17) is 0 Å². The molecule has 3 heteroatoms. The van der Waals surface area contributed by atoms with Gasteiger partial charge in [0.25, 0.3) is 0 Å². The van der Waals surface area contributed by atoms with Crippen molar-refractivity contribution in [1.82, 2.24) is 10.2 Å². The summed E-state index contributed by atoms with van der Waals surface area (Å²) in [5, 5.41) is 3.48. The number of carbonyl (C=O) groups excluding carboxylic acids is 1. The molecular weight excluding hydrogens is 260 g/mol. The van der Waals surface area contributed by atoms with E-state index in [0.717, 1.165) is 26.1 Å². The van der Waals surface area contributed by atoms with Gasteiger partial charge in [0.1, 0.15) is 0 Å². The molecule has 1 N–H and O–H groups in total. The lowest BCUT2D eigenvalue weighted by atomic mass is 9.84. The average Bonchev–Trinajstić information content (AvgIpc) is 3.06. The van der Waals surface area contributed by atoms with Crippen molar-refractivity contribution in [3.63, 3.8) is 0 Å². The fourth-order valence-corrected chi connectivity index (χ4v) is 4.53. The van der Waals surface area contributed by atoms with Crippen molar-refractivity contribution in [1.29, 1.82) is 0 Å². The van der Waals surface area contributed by atoms with Gasteiger partial charge in [0, 0.05) is 31.1 Å². The largest absolute Gasteiger partial charge is 0.337 e. The highest BCUT2D eigenvalue weighted by molar-refractivity contribution is 5.84. The Bertz CT molecular complexity index is 554. The lowest BCUT2D eigenvalue weighted by Gasteiger charge is -2.36. The molecule has 4 atom stereocenters. The molecule has 1 aromatic carbocycles. The fourth-order valence-electron chi connectivity index (χ4n) is 4.53. The Labute approximate surface area is 126 Å². The number of carbonyl (C=O) groups is 1. The Morgan fingerprint density at radius 1 is 1.24 bits per heavy atom. The van der Waals surface area contributed by atoms with Crippen molar-refractivity contribution < 1.29 is 4.79 Å². The van der Waals surface area contributed by atoms with E-state index in [-0.39, 0.29) is 11.5 Å². The maximum atomic E-state index is 12.9. The van der Waals surface area contributed by atoms with E-state index in [1.807, 2.05) is 6.07 Å².